The molecule has 2 aliphatic heterocycles. The van der Waals surface area contributed by atoms with Gasteiger partial charge in [-0.1, -0.05) is 18.2 Å². The largest absolute Gasteiger partial charge is 0.486 e. The molecule has 2 aromatic carbocycles. The van der Waals surface area contributed by atoms with E-state index in [4.69, 9.17) is 14.6 Å². The van der Waals surface area contributed by atoms with Gasteiger partial charge in [0.1, 0.15) is 19.0 Å². The monoisotopic (exact) mass is 473 g/mol. The first-order valence-corrected chi connectivity index (χ1v) is 10.4. The summed E-state index contributed by atoms with van der Waals surface area (Å²) in [5.41, 5.74) is 4.54. The first-order chi connectivity index (χ1) is 13.3. The lowest BCUT2D eigenvalue weighted by atomic mass is 10.0. The van der Waals surface area contributed by atoms with Crippen molar-refractivity contribution in [3.8, 4) is 28.4 Å². The van der Waals surface area contributed by atoms with E-state index >= 15 is 0 Å². The highest BCUT2D eigenvalue weighted by molar-refractivity contribution is 14.1. The summed E-state index contributed by atoms with van der Waals surface area (Å²) >= 11 is 2.39. The second-order valence-corrected chi connectivity index (χ2v) is 7.94. The number of hydrogen-bond donors (Lipinski definition) is 1. The first-order valence-electron chi connectivity index (χ1n) is 9.32. The minimum absolute atomic E-state index is 0.583. The average molecular weight is 473 g/mol. The van der Waals surface area contributed by atoms with Crippen molar-refractivity contribution in [2.45, 2.75) is 19.3 Å². The Hall–Kier alpha value is -2.22. The van der Waals surface area contributed by atoms with Crippen molar-refractivity contribution >= 4 is 28.4 Å². The van der Waals surface area contributed by atoms with E-state index in [2.05, 4.69) is 52.2 Å². The number of halogens is 1. The Morgan fingerprint density at radius 2 is 1.85 bits per heavy atom. The SMILES string of the molecule is Ic1ccccc1-c1nn(-c2ccc3c(c2)OCCO3)c2c1CCCCN2. The third-order valence-corrected chi connectivity index (χ3v) is 5.97. The minimum Gasteiger partial charge on any atom is -0.486 e. The van der Waals surface area contributed by atoms with Crippen LogP contribution in [-0.4, -0.2) is 29.5 Å². The summed E-state index contributed by atoms with van der Waals surface area (Å²) in [4.78, 5) is 0. The number of nitrogens with zero attached hydrogens (tertiary/aromatic N) is 2. The molecular formula is C21H20IN3O2. The highest BCUT2D eigenvalue weighted by Crippen LogP contribution is 2.38. The maximum atomic E-state index is 5.78. The zero-order chi connectivity index (χ0) is 18.2. The molecule has 1 N–H and O–H groups in total. The van der Waals surface area contributed by atoms with Crippen molar-refractivity contribution in [1.82, 2.24) is 9.78 Å². The van der Waals surface area contributed by atoms with Crippen molar-refractivity contribution in [3.63, 3.8) is 0 Å². The van der Waals surface area contributed by atoms with E-state index in [0.29, 0.717) is 13.2 Å². The summed E-state index contributed by atoms with van der Waals surface area (Å²) in [6, 6.07) is 14.5. The van der Waals surface area contributed by atoms with Crippen LogP contribution in [0.1, 0.15) is 18.4 Å². The highest BCUT2D eigenvalue weighted by atomic mass is 127. The summed E-state index contributed by atoms with van der Waals surface area (Å²) < 4.78 is 14.7. The van der Waals surface area contributed by atoms with Gasteiger partial charge in [-0.25, -0.2) is 4.68 Å². The summed E-state index contributed by atoms with van der Waals surface area (Å²) in [6.07, 6.45) is 3.37. The van der Waals surface area contributed by atoms with Gasteiger partial charge in [0.2, 0.25) is 0 Å². The number of nitrogens with one attached hydrogen (secondary N) is 1. The molecule has 0 amide bonds. The maximum absolute atomic E-state index is 5.78. The van der Waals surface area contributed by atoms with Crippen LogP contribution >= 0.6 is 22.6 Å². The molecule has 0 aliphatic carbocycles. The summed E-state index contributed by atoms with van der Waals surface area (Å²) in [7, 11) is 0. The predicted octanol–water partition coefficient (Wildman–Crippen LogP) is 4.66. The van der Waals surface area contributed by atoms with Crippen LogP contribution in [0.3, 0.4) is 0 Å². The average Bonchev–Trinajstić information content (AvgIpc) is 2.89. The zero-order valence-corrected chi connectivity index (χ0v) is 17.0. The van der Waals surface area contributed by atoms with Crippen LogP contribution in [0.5, 0.6) is 11.5 Å². The predicted molar refractivity (Wildman–Crippen MR) is 114 cm³/mol. The molecule has 6 heteroatoms. The second kappa shape index (κ2) is 7.07. The summed E-state index contributed by atoms with van der Waals surface area (Å²) in [5, 5.41) is 8.64. The Morgan fingerprint density at radius 1 is 1.00 bits per heavy atom. The van der Waals surface area contributed by atoms with Crippen molar-refractivity contribution < 1.29 is 9.47 Å². The zero-order valence-electron chi connectivity index (χ0n) is 14.9. The van der Waals surface area contributed by atoms with E-state index in [1.807, 2.05) is 22.9 Å². The molecule has 0 spiro atoms. The number of benzene rings is 2. The molecule has 1 aromatic heterocycles. The molecule has 0 bridgehead atoms. The molecule has 0 unspecified atom stereocenters. The van der Waals surface area contributed by atoms with Crippen molar-refractivity contribution in [3.05, 3.63) is 51.6 Å². The topological polar surface area (TPSA) is 48.3 Å². The van der Waals surface area contributed by atoms with E-state index in [0.717, 1.165) is 41.7 Å². The quantitative estimate of drug-likeness (QED) is 0.550. The van der Waals surface area contributed by atoms with E-state index < -0.39 is 0 Å². The van der Waals surface area contributed by atoms with Gasteiger partial charge in [-0.15, -0.1) is 0 Å². The van der Waals surface area contributed by atoms with Crippen LogP contribution < -0.4 is 14.8 Å². The molecule has 3 aromatic rings. The lowest BCUT2D eigenvalue weighted by molar-refractivity contribution is 0.171. The Bertz CT molecular complexity index is 999. The van der Waals surface area contributed by atoms with Gasteiger partial charge in [-0.3, -0.25) is 0 Å². The van der Waals surface area contributed by atoms with Crippen LogP contribution in [0, 0.1) is 3.57 Å². The number of ether oxygens (including phenoxy) is 2. The standard InChI is InChI=1S/C21H20IN3O2/c22-17-7-2-1-5-15(17)20-16-6-3-4-10-23-21(16)25(24-20)14-8-9-18-19(13-14)27-12-11-26-18/h1-2,5,7-9,13,23H,3-4,6,10-12H2. The number of fused-ring (bicyclic) bond motifs is 2. The smallest absolute Gasteiger partial charge is 0.163 e. The Morgan fingerprint density at radius 3 is 2.74 bits per heavy atom. The number of aromatic nitrogens is 2. The van der Waals surface area contributed by atoms with E-state index in [1.165, 1.54) is 27.5 Å². The lowest BCUT2D eigenvalue weighted by Gasteiger charge is -2.19. The van der Waals surface area contributed by atoms with Gasteiger partial charge in [-0.05, 0) is 60.1 Å². The molecule has 5 nitrogen and oxygen atoms in total. The van der Waals surface area contributed by atoms with Crippen molar-refractivity contribution in [2.75, 3.05) is 25.1 Å². The normalized spacial score (nSPS) is 15.6. The van der Waals surface area contributed by atoms with Gasteiger partial charge in [0.15, 0.2) is 11.5 Å². The first kappa shape index (κ1) is 16.9. The Balaban J connectivity index is 1.68. The minimum atomic E-state index is 0.583. The maximum Gasteiger partial charge on any atom is 0.163 e. The van der Waals surface area contributed by atoms with Crippen molar-refractivity contribution in [1.29, 1.82) is 0 Å². The van der Waals surface area contributed by atoms with Gasteiger partial charge in [0.25, 0.3) is 0 Å². The lowest BCUT2D eigenvalue weighted by Crippen LogP contribution is -2.15. The molecule has 27 heavy (non-hydrogen) atoms. The molecule has 0 atom stereocenters. The number of rotatable bonds is 2. The molecular weight excluding hydrogens is 453 g/mol. The fourth-order valence-electron chi connectivity index (χ4n) is 3.72. The van der Waals surface area contributed by atoms with Crippen LogP contribution in [0.25, 0.3) is 16.9 Å². The molecule has 5 rings (SSSR count). The molecule has 3 heterocycles. The van der Waals surface area contributed by atoms with Gasteiger partial charge < -0.3 is 14.8 Å². The van der Waals surface area contributed by atoms with E-state index in [-0.39, 0.29) is 0 Å². The Kier molecular flexibility index (Phi) is 4.43. The van der Waals surface area contributed by atoms with Gasteiger partial charge >= 0.3 is 0 Å². The van der Waals surface area contributed by atoms with Crippen molar-refractivity contribution in [2.24, 2.45) is 0 Å². The molecule has 0 fully saturated rings. The third-order valence-electron chi connectivity index (χ3n) is 5.03. The highest BCUT2D eigenvalue weighted by Gasteiger charge is 2.23. The molecule has 0 saturated carbocycles. The summed E-state index contributed by atoms with van der Waals surface area (Å²) in [6.45, 7) is 2.15. The van der Waals surface area contributed by atoms with Gasteiger partial charge in [-0.2, -0.15) is 5.10 Å². The van der Waals surface area contributed by atoms with Crippen LogP contribution in [0.15, 0.2) is 42.5 Å². The number of anilines is 1. The van der Waals surface area contributed by atoms with Crippen LogP contribution in [-0.2, 0) is 6.42 Å². The molecule has 0 radical (unpaired) electrons. The molecule has 2 aliphatic rings. The summed E-state index contributed by atoms with van der Waals surface area (Å²) in [5.74, 6) is 2.68. The Labute approximate surface area is 171 Å². The number of hydrogen-bond acceptors (Lipinski definition) is 4. The molecule has 0 saturated heterocycles. The van der Waals surface area contributed by atoms with Crippen LogP contribution in [0.4, 0.5) is 5.82 Å². The van der Waals surface area contributed by atoms with Gasteiger partial charge in [0, 0.05) is 27.3 Å². The van der Waals surface area contributed by atoms with E-state index in [1.54, 1.807) is 0 Å². The third kappa shape index (κ3) is 3.05. The fraction of sp³-hybridized carbons (Fsp3) is 0.286. The van der Waals surface area contributed by atoms with Crippen LogP contribution in [0.2, 0.25) is 0 Å². The fourth-order valence-corrected chi connectivity index (χ4v) is 4.37. The second-order valence-electron chi connectivity index (χ2n) is 6.78. The van der Waals surface area contributed by atoms with Gasteiger partial charge in [0.05, 0.1) is 11.4 Å². The molecule has 138 valence electrons. The van der Waals surface area contributed by atoms with E-state index in [9.17, 15) is 0 Å².